The largest absolute Gasteiger partial charge is 0.412 e. The highest BCUT2D eigenvalue weighted by Crippen LogP contribution is 2.00. The Hall–Kier alpha value is -1.84. The van der Waals surface area contributed by atoms with Gasteiger partial charge in [-0.1, -0.05) is 30.3 Å². The summed E-state index contributed by atoms with van der Waals surface area (Å²) in [5.41, 5.74) is 5.45. The van der Waals surface area contributed by atoms with Crippen molar-refractivity contribution >= 4 is 12.1 Å². The quantitative estimate of drug-likeness (QED) is 0.540. The second-order valence-electron chi connectivity index (χ2n) is 2.46. The fourth-order valence-corrected chi connectivity index (χ4v) is 0.911. The van der Waals surface area contributed by atoms with Crippen LogP contribution in [0.1, 0.15) is 5.56 Å². The van der Waals surface area contributed by atoms with Gasteiger partial charge in [-0.05, 0) is 5.56 Å². The summed E-state index contributed by atoms with van der Waals surface area (Å²) >= 11 is 0. The molecular formula is C9H9NO3. The molecule has 0 bridgehead atoms. The maximum absolute atomic E-state index is 10.9. The standard InChI is InChI=1S/C9H9NO3/c10-9(12)13-8(11)6-7-4-2-1-3-5-7/h1-5H,6H2,(H2,10,12). The van der Waals surface area contributed by atoms with Crippen LogP contribution in [0, 0.1) is 0 Å². The molecule has 1 aromatic rings. The number of carbonyl (C=O) groups is 2. The first-order valence-electron chi connectivity index (χ1n) is 3.72. The minimum Gasteiger partial charge on any atom is -0.376 e. The third kappa shape index (κ3) is 3.37. The Morgan fingerprint density at radius 3 is 2.38 bits per heavy atom. The van der Waals surface area contributed by atoms with Crippen LogP contribution in [0.15, 0.2) is 30.3 Å². The van der Waals surface area contributed by atoms with Crippen molar-refractivity contribution in [2.24, 2.45) is 5.73 Å². The third-order valence-corrected chi connectivity index (χ3v) is 1.41. The van der Waals surface area contributed by atoms with Crippen LogP contribution in [0.25, 0.3) is 0 Å². The van der Waals surface area contributed by atoms with Gasteiger partial charge < -0.3 is 10.5 Å². The molecule has 1 amide bonds. The van der Waals surface area contributed by atoms with E-state index in [-0.39, 0.29) is 6.42 Å². The van der Waals surface area contributed by atoms with E-state index in [0.29, 0.717) is 0 Å². The molecule has 0 aliphatic heterocycles. The molecule has 13 heavy (non-hydrogen) atoms. The van der Waals surface area contributed by atoms with E-state index in [2.05, 4.69) is 10.5 Å². The fourth-order valence-electron chi connectivity index (χ4n) is 0.911. The molecular weight excluding hydrogens is 170 g/mol. The van der Waals surface area contributed by atoms with Gasteiger partial charge >= 0.3 is 12.1 Å². The Morgan fingerprint density at radius 2 is 1.85 bits per heavy atom. The van der Waals surface area contributed by atoms with Gasteiger partial charge in [0, 0.05) is 0 Å². The van der Waals surface area contributed by atoms with E-state index in [0.717, 1.165) is 5.56 Å². The highest BCUT2D eigenvalue weighted by atomic mass is 16.6. The molecule has 1 rings (SSSR count). The monoisotopic (exact) mass is 179 g/mol. The van der Waals surface area contributed by atoms with E-state index in [4.69, 9.17) is 0 Å². The molecule has 0 aromatic heterocycles. The molecule has 68 valence electrons. The highest BCUT2D eigenvalue weighted by molar-refractivity contribution is 5.84. The Balaban J connectivity index is 2.50. The van der Waals surface area contributed by atoms with Crippen LogP contribution in [0.2, 0.25) is 0 Å². The van der Waals surface area contributed by atoms with Crippen molar-refractivity contribution in [3.05, 3.63) is 35.9 Å². The lowest BCUT2D eigenvalue weighted by Gasteiger charge is -1.98. The molecule has 4 heteroatoms. The molecule has 0 heterocycles. The van der Waals surface area contributed by atoms with Crippen molar-refractivity contribution in [3.63, 3.8) is 0 Å². The summed E-state index contributed by atoms with van der Waals surface area (Å²) in [5.74, 6) is -0.640. The number of hydrogen-bond donors (Lipinski definition) is 1. The van der Waals surface area contributed by atoms with Crippen LogP contribution in [-0.4, -0.2) is 12.1 Å². The van der Waals surface area contributed by atoms with E-state index in [1.54, 1.807) is 24.3 Å². The van der Waals surface area contributed by atoms with Gasteiger partial charge in [-0.25, -0.2) is 4.79 Å². The third-order valence-electron chi connectivity index (χ3n) is 1.41. The first-order valence-corrected chi connectivity index (χ1v) is 3.72. The Morgan fingerprint density at radius 1 is 1.23 bits per heavy atom. The van der Waals surface area contributed by atoms with Crippen molar-refractivity contribution in [2.75, 3.05) is 0 Å². The Kier molecular flexibility index (Phi) is 3.03. The summed E-state index contributed by atoms with van der Waals surface area (Å²) in [6.45, 7) is 0. The van der Waals surface area contributed by atoms with Crippen molar-refractivity contribution in [1.82, 2.24) is 0 Å². The Bertz CT molecular complexity index is 308. The summed E-state index contributed by atoms with van der Waals surface area (Å²) < 4.78 is 4.15. The normalized spacial score (nSPS) is 9.23. The zero-order chi connectivity index (χ0) is 9.68. The predicted molar refractivity (Wildman–Crippen MR) is 45.8 cm³/mol. The summed E-state index contributed by atoms with van der Waals surface area (Å²) in [5, 5.41) is 0. The van der Waals surface area contributed by atoms with Crippen molar-refractivity contribution < 1.29 is 14.3 Å². The number of ether oxygens (including phenoxy) is 1. The lowest BCUT2D eigenvalue weighted by molar-refractivity contribution is -0.136. The molecule has 0 atom stereocenters. The van der Waals surface area contributed by atoms with Gasteiger partial charge in [0.15, 0.2) is 0 Å². The van der Waals surface area contributed by atoms with Gasteiger partial charge in [-0.2, -0.15) is 0 Å². The zero-order valence-corrected chi connectivity index (χ0v) is 6.90. The molecule has 4 nitrogen and oxygen atoms in total. The number of primary amides is 1. The van der Waals surface area contributed by atoms with Crippen LogP contribution in [0.4, 0.5) is 4.79 Å². The SMILES string of the molecule is NC(=O)OC(=O)Cc1ccccc1. The van der Waals surface area contributed by atoms with E-state index >= 15 is 0 Å². The second-order valence-corrected chi connectivity index (χ2v) is 2.46. The molecule has 0 saturated heterocycles. The van der Waals surface area contributed by atoms with Crippen LogP contribution < -0.4 is 5.73 Å². The van der Waals surface area contributed by atoms with E-state index in [1.165, 1.54) is 0 Å². The lowest BCUT2D eigenvalue weighted by Crippen LogP contribution is -2.19. The van der Waals surface area contributed by atoms with Gasteiger partial charge in [0.25, 0.3) is 0 Å². The van der Waals surface area contributed by atoms with Crippen LogP contribution in [0.5, 0.6) is 0 Å². The van der Waals surface area contributed by atoms with Gasteiger partial charge in [0.2, 0.25) is 0 Å². The average Bonchev–Trinajstić information content (AvgIpc) is 2.04. The number of benzene rings is 1. The predicted octanol–water partition coefficient (Wildman–Crippen LogP) is 0.851. The Labute approximate surface area is 75.3 Å². The zero-order valence-electron chi connectivity index (χ0n) is 6.90. The first kappa shape index (κ1) is 9.25. The van der Waals surface area contributed by atoms with Gasteiger partial charge in [-0.15, -0.1) is 0 Å². The molecule has 0 fully saturated rings. The van der Waals surface area contributed by atoms with Crippen LogP contribution in [0.3, 0.4) is 0 Å². The van der Waals surface area contributed by atoms with Gasteiger partial charge in [0.1, 0.15) is 0 Å². The number of esters is 1. The molecule has 0 radical (unpaired) electrons. The molecule has 0 aliphatic carbocycles. The fraction of sp³-hybridized carbons (Fsp3) is 0.111. The maximum Gasteiger partial charge on any atom is 0.412 e. The summed E-state index contributed by atoms with van der Waals surface area (Å²) in [4.78, 5) is 21.1. The number of rotatable bonds is 2. The second kappa shape index (κ2) is 4.25. The van der Waals surface area contributed by atoms with Crippen LogP contribution >= 0.6 is 0 Å². The van der Waals surface area contributed by atoms with Crippen molar-refractivity contribution in [1.29, 1.82) is 0 Å². The molecule has 1 aromatic carbocycles. The van der Waals surface area contributed by atoms with Crippen LogP contribution in [-0.2, 0) is 16.0 Å². The molecule has 2 N–H and O–H groups in total. The molecule has 0 spiro atoms. The highest BCUT2D eigenvalue weighted by Gasteiger charge is 2.06. The number of hydrogen-bond acceptors (Lipinski definition) is 3. The average molecular weight is 179 g/mol. The summed E-state index contributed by atoms with van der Waals surface area (Å²) in [7, 11) is 0. The topological polar surface area (TPSA) is 69.4 Å². The van der Waals surface area contributed by atoms with E-state index < -0.39 is 12.1 Å². The molecule has 0 saturated carbocycles. The molecule has 0 aliphatic rings. The molecule has 0 unspecified atom stereocenters. The first-order chi connectivity index (χ1) is 6.18. The number of nitrogens with two attached hydrogens (primary N) is 1. The smallest absolute Gasteiger partial charge is 0.376 e. The van der Waals surface area contributed by atoms with E-state index in [9.17, 15) is 9.59 Å². The summed E-state index contributed by atoms with van der Waals surface area (Å²) in [6, 6.07) is 8.97. The van der Waals surface area contributed by atoms with Gasteiger partial charge in [0.05, 0.1) is 6.42 Å². The maximum atomic E-state index is 10.9. The van der Waals surface area contributed by atoms with Gasteiger partial charge in [-0.3, -0.25) is 4.79 Å². The van der Waals surface area contributed by atoms with Crippen molar-refractivity contribution in [3.8, 4) is 0 Å². The lowest BCUT2D eigenvalue weighted by atomic mass is 10.2. The number of amides is 1. The minimum atomic E-state index is -1.07. The van der Waals surface area contributed by atoms with Crippen molar-refractivity contribution in [2.45, 2.75) is 6.42 Å². The number of carbonyl (C=O) groups excluding carboxylic acids is 2. The minimum absolute atomic E-state index is 0.0593. The van der Waals surface area contributed by atoms with E-state index in [1.807, 2.05) is 6.07 Å². The summed E-state index contributed by atoms with van der Waals surface area (Å²) in [6.07, 6.45) is -1.01.